The number of para-hydroxylation sites is 2. The van der Waals surface area contributed by atoms with Gasteiger partial charge in [-0.05, 0) is 74.5 Å². The number of carbonyl (C=O) groups excluding carboxylic acids is 1. The molecule has 3 aromatic carbocycles. The summed E-state index contributed by atoms with van der Waals surface area (Å²) in [6.07, 6.45) is 4.57. The van der Waals surface area contributed by atoms with E-state index in [-0.39, 0.29) is 11.8 Å². The first kappa shape index (κ1) is 37.8. The number of benzene rings is 3. The number of methoxy groups -OCH3 is 4. The summed E-state index contributed by atoms with van der Waals surface area (Å²) in [6, 6.07) is 18.6. The van der Waals surface area contributed by atoms with Gasteiger partial charge >= 0.3 is 0 Å². The molecule has 0 aliphatic carbocycles. The van der Waals surface area contributed by atoms with Crippen LogP contribution in [0.5, 0.6) is 23.0 Å². The Bertz CT molecular complexity index is 1700. The third kappa shape index (κ3) is 9.25. The summed E-state index contributed by atoms with van der Waals surface area (Å²) >= 11 is 0. The number of aromatic nitrogens is 2. The van der Waals surface area contributed by atoms with Crippen LogP contribution in [0.1, 0.15) is 66.9 Å². The number of fused-ring (bicyclic) bond motifs is 1. The molecule has 1 atom stereocenters. The lowest BCUT2D eigenvalue weighted by atomic mass is 9.94. The molecule has 1 fully saturated rings. The third-order valence-corrected chi connectivity index (χ3v) is 9.80. The normalized spacial score (nSPS) is 14.3. The van der Waals surface area contributed by atoms with Crippen LogP contribution in [-0.2, 0) is 17.7 Å². The van der Waals surface area contributed by atoms with E-state index in [1.807, 2.05) is 25.1 Å². The van der Waals surface area contributed by atoms with E-state index < -0.39 is 0 Å². The maximum absolute atomic E-state index is 13.7. The quantitative estimate of drug-likeness (QED) is 0.105. The predicted octanol–water partition coefficient (Wildman–Crippen LogP) is 6.54. The lowest BCUT2D eigenvalue weighted by Crippen LogP contribution is -2.40. The highest BCUT2D eigenvalue weighted by molar-refractivity contribution is 5.97. The van der Waals surface area contributed by atoms with Gasteiger partial charge in [0.15, 0.2) is 11.5 Å². The fourth-order valence-electron chi connectivity index (χ4n) is 6.98. The Morgan fingerprint density at radius 3 is 2.31 bits per heavy atom. The first-order valence-corrected chi connectivity index (χ1v) is 18.2. The first-order valence-electron chi connectivity index (χ1n) is 18.2. The Labute approximate surface area is 302 Å². The van der Waals surface area contributed by atoms with Gasteiger partial charge in [-0.2, -0.15) is 0 Å². The second-order valence-corrected chi connectivity index (χ2v) is 12.9. The van der Waals surface area contributed by atoms with E-state index in [1.54, 1.807) is 34.5 Å². The number of anilines is 1. The molecule has 1 aromatic heterocycles. The Balaban J connectivity index is 1.22. The van der Waals surface area contributed by atoms with Crippen molar-refractivity contribution in [2.24, 2.45) is 0 Å². The number of nitrogens with one attached hydrogen (secondary N) is 2. The van der Waals surface area contributed by atoms with Gasteiger partial charge in [0.25, 0.3) is 5.91 Å². The van der Waals surface area contributed by atoms with E-state index >= 15 is 0 Å². The fraction of sp³-hybridized carbons (Fsp3) is 0.500. The summed E-state index contributed by atoms with van der Waals surface area (Å²) in [4.78, 5) is 21.2. The minimum atomic E-state index is -0.167. The summed E-state index contributed by atoms with van der Waals surface area (Å²) < 4.78 is 30.3. The van der Waals surface area contributed by atoms with E-state index in [0.29, 0.717) is 48.4 Å². The van der Waals surface area contributed by atoms with Crippen molar-refractivity contribution in [2.45, 2.75) is 64.5 Å². The molecule has 1 unspecified atom stereocenters. The van der Waals surface area contributed by atoms with Gasteiger partial charge in [-0.1, -0.05) is 38.1 Å². The zero-order chi connectivity index (χ0) is 36.2. The lowest BCUT2D eigenvalue weighted by molar-refractivity contribution is 0.0947. The molecule has 0 radical (unpaired) electrons. The molecule has 51 heavy (non-hydrogen) atoms. The maximum Gasteiger partial charge on any atom is 0.251 e. The van der Waals surface area contributed by atoms with Crippen LogP contribution in [-0.4, -0.2) is 94.2 Å². The molecule has 2 heterocycles. The summed E-state index contributed by atoms with van der Waals surface area (Å²) in [5, 5.41) is 7.00. The number of carbonyl (C=O) groups is 1. The van der Waals surface area contributed by atoms with Crippen LogP contribution >= 0.6 is 0 Å². The minimum Gasteiger partial charge on any atom is -0.497 e. The average molecular weight is 702 g/mol. The van der Waals surface area contributed by atoms with E-state index in [1.165, 1.54) is 0 Å². The van der Waals surface area contributed by atoms with Crippen molar-refractivity contribution in [1.29, 1.82) is 0 Å². The van der Waals surface area contributed by atoms with Crippen LogP contribution in [0.3, 0.4) is 0 Å². The van der Waals surface area contributed by atoms with Crippen LogP contribution < -0.4 is 29.6 Å². The van der Waals surface area contributed by atoms with Crippen molar-refractivity contribution in [3.8, 4) is 23.0 Å². The summed E-state index contributed by atoms with van der Waals surface area (Å²) in [7, 11) is 6.38. The maximum atomic E-state index is 13.7. The lowest BCUT2D eigenvalue weighted by Gasteiger charge is -2.33. The second kappa shape index (κ2) is 18.7. The van der Waals surface area contributed by atoms with Crippen LogP contribution in [0.15, 0.2) is 54.6 Å². The zero-order valence-electron chi connectivity index (χ0n) is 31.1. The van der Waals surface area contributed by atoms with Crippen molar-refractivity contribution in [3.63, 3.8) is 0 Å². The van der Waals surface area contributed by atoms with E-state index in [2.05, 4.69) is 57.4 Å². The SMILES string of the molecule is CCCOCCn1c(NC2CCN(CCC(CNC(=O)c3cc(OC)c(OC)c(OC)c3CC)c3ccc(OC)cc3)CC2)nc2ccccc21. The van der Waals surface area contributed by atoms with E-state index in [0.717, 1.165) is 92.3 Å². The largest absolute Gasteiger partial charge is 0.497 e. The van der Waals surface area contributed by atoms with Gasteiger partial charge in [-0.15, -0.1) is 0 Å². The van der Waals surface area contributed by atoms with E-state index in [9.17, 15) is 4.79 Å². The molecule has 11 nitrogen and oxygen atoms in total. The van der Waals surface area contributed by atoms with Crippen LogP contribution in [0.2, 0.25) is 0 Å². The highest BCUT2D eigenvalue weighted by Crippen LogP contribution is 2.42. The number of ether oxygens (including phenoxy) is 5. The third-order valence-electron chi connectivity index (χ3n) is 9.80. The molecular weight excluding hydrogens is 646 g/mol. The highest BCUT2D eigenvalue weighted by Gasteiger charge is 2.26. The Kier molecular flexibility index (Phi) is 13.8. The molecule has 1 aliphatic heterocycles. The molecule has 1 amide bonds. The summed E-state index contributed by atoms with van der Waals surface area (Å²) in [6.45, 7) is 9.73. The zero-order valence-corrected chi connectivity index (χ0v) is 31.1. The molecule has 1 aliphatic rings. The molecule has 0 bridgehead atoms. The van der Waals surface area contributed by atoms with Gasteiger partial charge in [0, 0.05) is 50.3 Å². The number of likely N-dealkylation sites (tertiary alicyclic amines) is 1. The van der Waals surface area contributed by atoms with Gasteiger partial charge in [0.2, 0.25) is 11.7 Å². The summed E-state index contributed by atoms with van der Waals surface area (Å²) in [5.41, 5.74) is 4.60. The fourth-order valence-corrected chi connectivity index (χ4v) is 6.98. The Morgan fingerprint density at radius 1 is 0.902 bits per heavy atom. The predicted molar refractivity (Wildman–Crippen MR) is 202 cm³/mol. The second-order valence-electron chi connectivity index (χ2n) is 12.9. The number of nitrogens with zero attached hydrogens (tertiary/aromatic N) is 3. The molecule has 5 rings (SSSR count). The standard InChI is InChI=1S/C40H55N5O6/c1-7-24-51-25-23-45-35-12-10-9-11-34(35)43-40(45)42-30-18-21-44(22-19-30)20-17-29(28-13-15-31(47-3)16-14-28)27-41-39(46)33-26-36(48-4)38(50-6)37(49-5)32(33)8-2/h9-16,26,29-30H,7-8,17-25,27H2,1-6H3,(H,41,46)(H,42,43). The number of piperidine rings is 1. The summed E-state index contributed by atoms with van der Waals surface area (Å²) in [5.74, 6) is 3.13. The highest BCUT2D eigenvalue weighted by atomic mass is 16.5. The first-order chi connectivity index (χ1) is 24.9. The molecule has 0 spiro atoms. The minimum absolute atomic E-state index is 0.109. The van der Waals surface area contributed by atoms with E-state index in [4.69, 9.17) is 28.7 Å². The van der Waals surface area contributed by atoms with Crippen molar-refractivity contribution < 1.29 is 28.5 Å². The molecule has 2 N–H and O–H groups in total. The monoisotopic (exact) mass is 701 g/mol. The van der Waals surface area contributed by atoms with Crippen molar-refractivity contribution in [3.05, 3.63) is 71.3 Å². The number of hydrogen-bond donors (Lipinski definition) is 2. The van der Waals surface area contributed by atoms with Gasteiger partial charge in [0.1, 0.15) is 5.75 Å². The number of hydrogen-bond acceptors (Lipinski definition) is 9. The van der Waals surface area contributed by atoms with Gasteiger partial charge in [-0.3, -0.25) is 4.79 Å². The van der Waals surface area contributed by atoms with Crippen molar-refractivity contribution in [1.82, 2.24) is 19.8 Å². The topological polar surface area (TPSA) is 108 Å². The Morgan fingerprint density at radius 2 is 1.65 bits per heavy atom. The van der Waals surface area contributed by atoms with Crippen LogP contribution in [0, 0.1) is 0 Å². The molecular formula is C40H55N5O6. The molecule has 276 valence electrons. The Hall–Kier alpha value is -4.48. The van der Waals surface area contributed by atoms with Crippen LogP contribution in [0.4, 0.5) is 5.95 Å². The molecule has 11 heteroatoms. The van der Waals surface area contributed by atoms with Crippen LogP contribution in [0.25, 0.3) is 11.0 Å². The number of rotatable bonds is 19. The number of amides is 1. The molecule has 1 saturated heterocycles. The smallest absolute Gasteiger partial charge is 0.251 e. The van der Waals surface area contributed by atoms with Crippen molar-refractivity contribution in [2.75, 3.05) is 73.1 Å². The molecule has 4 aromatic rings. The van der Waals surface area contributed by atoms with Gasteiger partial charge < -0.3 is 43.8 Å². The van der Waals surface area contributed by atoms with Gasteiger partial charge in [-0.25, -0.2) is 4.98 Å². The number of imidazole rings is 1. The molecule has 0 saturated carbocycles. The van der Waals surface area contributed by atoms with Gasteiger partial charge in [0.05, 0.1) is 51.6 Å². The van der Waals surface area contributed by atoms with Crippen molar-refractivity contribution >= 4 is 22.9 Å². The average Bonchev–Trinajstić information content (AvgIpc) is 3.52.